The van der Waals surface area contributed by atoms with Gasteiger partial charge in [-0.05, 0) is 45.1 Å². The van der Waals surface area contributed by atoms with Crippen molar-refractivity contribution in [2.24, 2.45) is 11.1 Å². The summed E-state index contributed by atoms with van der Waals surface area (Å²) in [5.74, 6) is 0.714. The van der Waals surface area contributed by atoms with Crippen LogP contribution in [0.15, 0.2) is 11.2 Å². The minimum absolute atomic E-state index is 0.0875. The van der Waals surface area contributed by atoms with Crippen LogP contribution in [0.5, 0.6) is 0 Å². The van der Waals surface area contributed by atoms with Crippen molar-refractivity contribution in [2.45, 2.75) is 44.7 Å². The van der Waals surface area contributed by atoms with Crippen molar-refractivity contribution in [3.05, 3.63) is 12.0 Å². The fourth-order valence-electron chi connectivity index (χ4n) is 2.25. The van der Waals surface area contributed by atoms with E-state index in [4.69, 9.17) is 5.73 Å². The van der Waals surface area contributed by atoms with E-state index in [1.807, 2.05) is 11.5 Å². The minimum atomic E-state index is -3.51. The van der Waals surface area contributed by atoms with E-state index in [-0.39, 0.29) is 10.4 Å². The number of nitrogens with zero attached hydrogens (tertiary/aromatic N) is 2. The number of imidazole rings is 1. The molecule has 1 aromatic heterocycles. The van der Waals surface area contributed by atoms with E-state index in [9.17, 15) is 8.42 Å². The van der Waals surface area contributed by atoms with Gasteiger partial charge in [-0.15, -0.1) is 0 Å². The molecule has 0 unspecified atom stereocenters. The van der Waals surface area contributed by atoms with Gasteiger partial charge >= 0.3 is 0 Å². The third-order valence-corrected chi connectivity index (χ3v) is 5.11. The third-order valence-electron chi connectivity index (χ3n) is 3.84. The Morgan fingerprint density at radius 1 is 1.53 bits per heavy atom. The Morgan fingerprint density at radius 2 is 2.21 bits per heavy atom. The molecule has 2 rings (SSSR count). The summed E-state index contributed by atoms with van der Waals surface area (Å²) in [6.07, 6.45) is 4.56. The molecule has 0 radical (unpaired) electrons. The van der Waals surface area contributed by atoms with Crippen molar-refractivity contribution in [3.63, 3.8) is 0 Å². The highest BCUT2D eigenvalue weighted by Gasteiger charge is 2.42. The summed E-state index contributed by atoms with van der Waals surface area (Å²) < 4.78 is 28.8. The standard InChI is InChI=1S/C12H22N4O2S/c1-3-16-8-11(15-10(16)2)19(17,18)14-9-12(4-5-12)6-7-13/h8,14H,3-7,9,13H2,1-2H3. The summed E-state index contributed by atoms with van der Waals surface area (Å²) in [5.41, 5.74) is 5.64. The number of rotatable bonds is 7. The van der Waals surface area contributed by atoms with Crippen molar-refractivity contribution in [2.75, 3.05) is 13.1 Å². The first-order chi connectivity index (χ1) is 8.92. The molecule has 0 saturated heterocycles. The predicted molar refractivity (Wildman–Crippen MR) is 73.2 cm³/mol. The van der Waals surface area contributed by atoms with E-state index < -0.39 is 10.0 Å². The molecule has 1 aromatic rings. The lowest BCUT2D eigenvalue weighted by molar-refractivity contribution is 0.461. The molecule has 19 heavy (non-hydrogen) atoms. The van der Waals surface area contributed by atoms with Crippen molar-refractivity contribution in [1.82, 2.24) is 14.3 Å². The summed E-state index contributed by atoms with van der Waals surface area (Å²) >= 11 is 0. The van der Waals surface area contributed by atoms with E-state index in [0.29, 0.717) is 25.5 Å². The van der Waals surface area contributed by atoms with Gasteiger partial charge in [0.05, 0.1) is 0 Å². The minimum Gasteiger partial charge on any atom is -0.334 e. The Bertz CT molecular complexity index is 546. The topological polar surface area (TPSA) is 90.0 Å². The molecule has 0 aliphatic heterocycles. The highest BCUT2D eigenvalue weighted by Crippen LogP contribution is 2.47. The molecular formula is C12H22N4O2S. The molecule has 1 aliphatic carbocycles. The van der Waals surface area contributed by atoms with E-state index in [1.54, 1.807) is 13.1 Å². The van der Waals surface area contributed by atoms with Crippen LogP contribution in [0.2, 0.25) is 0 Å². The van der Waals surface area contributed by atoms with Crippen molar-refractivity contribution in [3.8, 4) is 0 Å². The molecule has 1 aliphatic rings. The molecule has 1 heterocycles. The lowest BCUT2D eigenvalue weighted by Crippen LogP contribution is -2.31. The van der Waals surface area contributed by atoms with Gasteiger partial charge in [0, 0.05) is 19.3 Å². The monoisotopic (exact) mass is 286 g/mol. The second-order valence-corrected chi connectivity index (χ2v) is 6.99. The molecular weight excluding hydrogens is 264 g/mol. The first-order valence-corrected chi connectivity index (χ1v) is 8.14. The molecule has 7 heteroatoms. The molecule has 0 atom stereocenters. The summed E-state index contributed by atoms with van der Waals surface area (Å²) in [4.78, 5) is 4.11. The van der Waals surface area contributed by atoms with Crippen LogP contribution in [0.4, 0.5) is 0 Å². The first kappa shape index (κ1) is 14.5. The van der Waals surface area contributed by atoms with Crippen LogP contribution >= 0.6 is 0 Å². The molecule has 0 spiro atoms. The van der Waals surface area contributed by atoms with E-state index >= 15 is 0 Å². The molecule has 1 saturated carbocycles. The van der Waals surface area contributed by atoms with Crippen LogP contribution in [-0.4, -0.2) is 31.1 Å². The van der Waals surface area contributed by atoms with Gasteiger partial charge in [-0.25, -0.2) is 18.1 Å². The Morgan fingerprint density at radius 3 is 2.68 bits per heavy atom. The zero-order valence-electron chi connectivity index (χ0n) is 11.5. The number of hydrogen-bond donors (Lipinski definition) is 2. The Labute approximate surface area is 114 Å². The van der Waals surface area contributed by atoms with Gasteiger partial charge in [-0.2, -0.15) is 0 Å². The Balaban J connectivity index is 2.06. The maximum atomic E-state index is 12.2. The quantitative estimate of drug-likeness (QED) is 0.769. The number of aromatic nitrogens is 2. The van der Waals surface area contributed by atoms with Crippen LogP contribution in [0, 0.1) is 12.3 Å². The fraction of sp³-hybridized carbons (Fsp3) is 0.750. The fourth-order valence-corrected chi connectivity index (χ4v) is 3.41. The molecule has 6 nitrogen and oxygen atoms in total. The van der Waals surface area contributed by atoms with Gasteiger partial charge in [-0.1, -0.05) is 0 Å². The molecule has 108 valence electrons. The Hall–Kier alpha value is -0.920. The number of nitrogens with two attached hydrogens (primary N) is 1. The van der Waals surface area contributed by atoms with Crippen molar-refractivity contribution < 1.29 is 8.42 Å². The number of nitrogens with one attached hydrogen (secondary N) is 1. The average molecular weight is 286 g/mol. The molecule has 0 aromatic carbocycles. The van der Waals surface area contributed by atoms with Crippen LogP contribution in [0.1, 0.15) is 32.0 Å². The van der Waals surface area contributed by atoms with Gasteiger partial charge in [0.2, 0.25) is 0 Å². The average Bonchev–Trinajstić information content (AvgIpc) is 3.02. The van der Waals surface area contributed by atoms with Crippen LogP contribution in [0.25, 0.3) is 0 Å². The summed E-state index contributed by atoms with van der Waals surface area (Å²) in [5, 5.41) is 0.107. The third kappa shape index (κ3) is 3.16. The Kier molecular flexibility index (Phi) is 3.98. The van der Waals surface area contributed by atoms with Crippen molar-refractivity contribution >= 4 is 10.0 Å². The predicted octanol–water partition coefficient (Wildman–Crippen LogP) is 0.619. The van der Waals surface area contributed by atoms with Crippen LogP contribution < -0.4 is 10.5 Å². The molecule has 0 amide bonds. The second kappa shape index (κ2) is 5.22. The largest absolute Gasteiger partial charge is 0.334 e. The highest BCUT2D eigenvalue weighted by molar-refractivity contribution is 7.89. The maximum Gasteiger partial charge on any atom is 0.259 e. The highest BCUT2D eigenvalue weighted by atomic mass is 32.2. The summed E-state index contributed by atoms with van der Waals surface area (Å²) in [6, 6.07) is 0. The maximum absolute atomic E-state index is 12.2. The number of sulfonamides is 1. The van der Waals surface area contributed by atoms with Gasteiger partial charge < -0.3 is 10.3 Å². The molecule has 0 bridgehead atoms. The number of aryl methyl sites for hydroxylation is 2. The van der Waals surface area contributed by atoms with Gasteiger partial charge in [0.15, 0.2) is 5.03 Å². The van der Waals surface area contributed by atoms with E-state index in [0.717, 1.165) is 19.3 Å². The van der Waals surface area contributed by atoms with Gasteiger partial charge in [-0.3, -0.25) is 0 Å². The van der Waals surface area contributed by atoms with E-state index in [2.05, 4.69) is 9.71 Å². The zero-order valence-corrected chi connectivity index (χ0v) is 12.3. The molecule has 1 fully saturated rings. The van der Waals surface area contributed by atoms with Crippen LogP contribution in [-0.2, 0) is 16.6 Å². The lowest BCUT2D eigenvalue weighted by atomic mass is 10.0. The normalized spacial score (nSPS) is 17.6. The first-order valence-electron chi connectivity index (χ1n) is 6.66. The SMILES string of the molecule is CCn1cc(S(=O)(=O)NCC2(CCN)CC2)nc1C. The lowest BCUT2D eigenvalue weighted by Gasteiger charge is -2.14. The zero-order chi connectivity index (χ0) is 14.1. The number of hydrogen-bond acceptors (Lipinski definition) is 4. The summed E-state index contributed by atoms with van der Waals surface area (Å²) in [7, 11) is -3.51. The second-order valence-electron chi connectivity index (χ2n) is 5.28. The smallest absolute Gasteiger partial charge is 0.259 e. The van der Waals surface area contributed by atoms with Crippen molar-refractivity contribution in [1.29, 1.82) is 0 Å². The van der Waals surface area contributed by atoms with Gasteiger partial charge in [0.1, 0.15) is 5.82 Å². The van der Waals surface area contributed by atoms with E-state index in [1.165, 1.54) is 0 Å². The molecule has 3 N–H and O–H groups in total. The summed E-state index contributed by atoms with van der Waals surface area (Å²) in [6.45, 7) is 5.54. The van der Waals surface area contributed by atoms with Crippen LogP contribution in [0.3, 0.4) is 0 Å². The van der Waals surface area contributed by atoms with Gasteiger partial charge in [0.25, 0.3) is 10.0 Å².